The Morgan fingerprint density at radius 3 is 2.46 bits per heavy atom. The van der Waals surface area contributed by atoms with Gasteiger partial charge >= 0.3 is 6.03 Å². The number of hydrogen-bond acceptors (Lipinski definition) is 5. The van der Waals surface area contributed by atoms with E-state index in [0.717, 1.165) is 16.2 Å². The molecule has 2 aromatic rings. The molecule has 1 fully saturated rings. The van der Waals surface area contributed by atoms with E-state index in [9.17, 15) is 14.4 Å². The third-order valence-corrected chi connectivity index (χ3v) is 5.03. The summed E-state index contributed by atoms with van der Waals surface area (Å²) in [7, 11) is 1.72. The van der Waals surface area contributed by atoms with Gasteiger partial charge in [0, 0.05) is 20.0 Å². The Morgan fingerprint density at radius 2 is 1.93 bits per heavy atom. The minimum atomic E-state index is -0.925. The van der Waals surface area contributed by atoms with Gasteiger partial charge < -0.3 is 10.2 Å². The first-order chi connectivity index (χ1) is 13.2. The maximum atomic E-state index is 12.6. The molecule has 0 spiro atoms. The highest BCUT2D eigenvalue weighted by molar-refractivity contribution is 6.06. The first-order valence-corrected chi connectivity index (χ1v) is 9.05. The maximum Gasteiger partial charge on any atom is 0.325 e. The number of rotatable bonds is 6. The second kappa shape index (κ2) is 7.41. The van der Waals surface area contributed by atoms with Crippen LogP contribution in [-0.2, 0) is 9.59 Å². The minimum absolute atomic E-state index is 0.0647. The minimum Gasteiger partial charge on any atom is -0.339 e. The maximum absolute atomic E-state index is 12.6. The zero-order valence-electron chi connectivity index (χ0n) is 16.4. The van der Waals surface area contributed by atoms with Crippen LogP contribution in [0.5, 0.6) is 0 Å². The van der Waals surface area contributed by atoms with Crippen molar-refractivity contribution in [2.45, 2.75) is 38.8 Å². The molecule has 4 amide bonds. The van der Waals surface area contributed by atoms with Gasteiger partial charge in [0.15, 0.2) is 0 Å². The second-order valence-electron chi connectivity index (χ2n) is 7.37. The van der Waals surface area contributed by atoms with E-state index in [1.807, 2.05) is 31.2 Å². The number of aromatic nitrogens is 3. The average Bonchev–Trinajstić information content (AvgIpc) is 3.26. The summed E-state index contributed by atoms with van der Waals surface area (Å²) in [5.74, 6) is -0.456. The molecule has 0 aliphatic carbocycles. The molecule has 1 aromatic carbocycles. The lowest BCUT2D eigenvalue weighted by Gasteiger charge is -2.26. The van der Waals surface area contributed by atoms with E-state index >= 15 is 0 Å². The van der Waals surface area contributed by atoms with Gasteiger partial charge in [-0.05, 0) is 38.5 Å². The first-order valence-electron chi connectivity index (χ1n) is 9.05. The molecule has 28 heavy (non-hydrogen) atoms. The summed E-state index contributed by atoms with van der Waals surface area (Å²) in [6, 6.07) is 7.08. The Morgan fingerprint density at radius 1 is 1.25 bits per heavy atom. The Kier molecular flexibility index (Phi) is 5.17. The van der Waals surface area contributed by atoms with Crippen molar-refractivity contribution in [2.75, 3.05) is 13.6 Å². The quantitative estimate of drug-likeness (QED) is 0.761. The number of nitrogens with zero attached hydrogens (tertiary/aromatic N) is 5. The zero-order chi connectivity index (χ0) is 20.5. The number of urea groups is 1. The SMILES string of the molecule is C[C@H](c1ccc(-n2cncn2)cc1)N(C)C(=O)CCN1C(=O)NC(C)(C)C1=O. The summed E-state index contributed by atoms with van der Waals surface area (Å²) in [5, 5.41) is 6.70. The van der Waals surface area contributed by atoms with Gasteiger partial charge in [0.2, 0.25) is 5.91 Å². The molecule has 1 aliphatic rings. The molecule has 0 saturated carbocycles. The van der Waals surface area contributed by atoms with Gasteiger partial charge in [0.1, 0.15) is 18.2 Å². The molecular formula is C19H24N6O3. The van der Waals surface area contributed by atoms with Crippen LogP contribution in [0.4, 0.5) is 4.79 Å². The smallest absolute Gasteiger partial charge is 0.325 e. The summed E-state index contributed by atoms with van der Waals surface area (Å²) < 4.78 is 1.66. The Hall–Kier alpha value is -3.23. The molecule has 1 saturated heterocycles. The number of hydrogen-bond donors (Lipinski definition) is 1. The van der Waals surface area contributed by atoms with Crippen molar-refractivity contribution in [3.05, 3.63) is 42.5 Å². The van der Waals surface area contributed by atoms with Gasteiger partial charge in [-0.25, -0.2) is 14.5 Å². The van der Waals surface area contributed by atoms with Crippen molar-refractivity contribution >= 4 is 17.8 Å². The molecule has 1 N–H and O–H groups in total. The number of carbonyl (C=O) groups is 3. The normalized spacial score (nSPS) is 16.8. The molecule has 0 radical (unpaired) electrons. The standard InChI is InChI=1S/C19H24N6O3/c1-13(14-5-7-15(8-6-14)25-12-20-11-21-25)23(4)16(26)9-10-24-17(27)19(2,3)22-18(24)28/h5-8,11-13H,9-10H2,1-4H3,(H,22,28)/t13-/m1/s1. The average molecular weight is 384 g/mol. The highest BCUT2D eigenvalue weighted by Crippen LogP contribution is 2.22. The van der Waals surface area contributed by atoms with Crippen LogP contribution in [0.3, 0.4) is 0 Å². The molecule has 1 atom stereocenters. The van der Waals surface area contributed by atoms with E-state index in [4.69, 9.17) is 0 Å². The topological polar surface area (TPSA) is 100 Å². The van der Waals surface area contributed by atoms with Gasteiger partial charge in [0.25, 0.3) is 5.91 Å². The summed E-state index contributed by atoms with van der Waals surface area (Å²) >= 11 is 0. The molecule has 0 bridgehead atoms. The molecule has 1 aliphatic heterocycles. The van der Waals surface area contributed by atoms with Crippen LogP contribution in [0.25, 0.3) is 5.69 Å². The number of amides is 4. The fraction of sp³-hybridized carbons (Fsp3) is 0.421. The van der Waals surface area contributed by atoms with Crippen LogP contribution in [0.15, 0.2) is 36.9 Å². The number of imide groups is 1. The summed E-state index contributed by atoms with van der Waals surface area (Å²) in [6.07, 6.45) is 3.16. The van der Waals surface area contributed by atoms with Gasteiger partial charge in [-0.3, -0.25) is 14.5 Å². The van der Waals surface area contributed by atoms with E-state index in [0.29, 0.717) is 0 Å². The van der Waals surface area contributed by atoms with E-state index in [1.165, 1.54) is 6.33 Å². The lowest BCUT2D eigenvalue weighted by molar-refractivity contribution is -0.133. The van der Waals surface area contributed by atoms with Gasteiger partial charge in [-0.1, -0.05) is 12.1 Å². The Balaban J connectivity index is 1.60. The van der Waals surface area contributed by atoms with Crippen LogP contribution >= 0.6 is 0 Å². The lowest BCUT2D eigenvalue weighted by atomic mass is 10.1. The van der Waals surface area contributed by atoms with Crippen molar-refractivity contribution in [3.63, 3.8) is 0 Å². The predicted molar refractivity (Wildman–Crippen MR) is 101 cm³/mol. The van der Waals surface area contributed by atoms with Crippen molar-refractivity contribution in [1.82, 2.24) is 29.9 Å². The van der Waals surface area contributed by atoms with Crippen molar-refractivity contribution in [1.29, 1.82) is 0 Å². The third kappa shape index (κ3) is 3.73. The molecule has 0 unspecified atom stereocenters. The Bertz CT molecular complexity index is 876. The molecule has 148 valence electrons. The van der Waals surface area contributed by atoms with Crippen LogP contribution in [0.1, 0.15) is 38.8 Å². The number of carbonyl (C=O) groups excluding carboxylic acids is 3. The van der Waals surface area contributed by atoms with Crippen LogP contribution in [0.2, 0.25) is 0 Å². The van der Waals surface area contributed by atoms with E-state index < -0.39 is 11.6 Å². The molecule has 1 aromatic heterocycles. The molecule has 9 heteroatoms. The molecule has 3 rings (SSSR count). The predicted octanol–water partition coefficient (Wildman–Crippen LogP) is 1.51. The monoisotopic (exact) mass is 384 g/mol. The van der Waals surface area contributed by atoms with Gasteiger partial charge in [0.05, 0.1) is 11.7 Å². The fourth-order valence-corrected chi connectivity index (χ4v) is 3.09. The number of nitrogens with one attached hydrogen (secondary N) is 1. The van der Waals surface area contributed by atoms with Crippen molar-refractivity contribution < 1.29 is 14.4 Å². The van der Waals surface area contributed by atoms with Gasteiger partial charge in [-0.2, -0.15) is 5.10 Å². The van der Waals surface area contributed by atoms with Crippen LogP contribution < -0.4 is 5.32 Å². The van der Waals surface area contributed by atoms with Crippen LogP contribution in [-0.4, -0.2) is 61.5 Å². The van der Waals surface area contributed by atoms with Crippen molar-refractivity contribution in [3.8, 4) is 5.69 Å². The second-order valence-corrected chi connectivity index (χ2v) is 7.37. The van der Waals surface area contributed by atoms with E-state index in [2.05, 4.69) is 15.4 Å². The lowest BCUT2D eigenvalue weighted by Crippen LogP contribution is -2.41. The van der Waals surface area contributed by atoms with E-state index in [1.54, 1.807) is 36.8 Å². The fourth-order valence-electron chi connectivity index (χ4n) is 3.09. The zero-order valence-corrected chi connectivity index (χ0v) is 16.4. The van der Waals surface area contributed by atoms with Crippen LogP contribution in [0, 0.1) is 0 Å². The third-order valence-electron chi connectivity index (χ3n) is 5.03. The highest BCUT2D eigenvalue weighted by Gasteiger charge is 2.44. The molecule has 2 heterocycles. The highest BCUT2D eigenvalue weighted by atomic mass is 16.2. The van der Waals surface area contributed by atoms with Crippen molar-refractivity contribution in [2.24, 2.45) is 0 Å². The summed E-state index contributed by atoms with van der Waals surface area (Å²) in [6.45, 7) is 5.28. The summed E-state index contributed by atoms with van der Waals surface area (Å²) in [4.78, 5) is 43.4. The Labute approximate surface area is 163 Å². The first kappa shape index (κ1) is 19.5. The largest absolute Gasteiger partial charge is 0.339 e. The van der Waals surface area contributed by atoms with Gasteiger partial charge in [-0.15, -0.1) is 0 Å². The molecular weight excluding hydrogens is 360 g/mol. The summed E-state index contributed by atoms with van der Waals surface area (Å²) in [5.41, 5.74) is 0.921. The molecule has 9 nitrogen and oxygen atoms in total. The number of benzene rings is 1. The van der Waals surface area contributed by atoms with E-state index in [-0.39, 0.29) is 30.8 Å².